The fourth-order valence-electron chi connectivity index (χ4n) is 6.62. The predicted molar refractivity (Wildman–Crippen MR) is 178 cm³/mol. The van der Waals surface area contributed by atoms with Gasteiger partial charge in [0.05, 0.1) is 18.0 Å². The van der Waals surface area contributed by atoms with Gasteiger partial charge >= 0.3 is 0 Å². The van der Waals surface area contributed by atoms with E-state index in [9.17, 15) is 52.7 Å². The van der Waals surface area contributed by atoms with Crippen molar-refractivity contribution in [2.75, 3.05) is 0 Å². The molecule has 0 saturated carbocycles. The molecule has 1 heterocycles. The quantitative estimate of drug-likeness (QED) is 0.0412. The van der Waals surface area contributed by atoms with Gasteiger partial charge in [-0.2, -0.15) is 15.1 Å². The van der Waals surface area contributed by atoms with E-state index in [0.717, 1.165) is 5.56 Å². The van der Waals surface area contributed by atoms with Crippen molar-refractivity contribution in [1.82, 2.24) is 4.98 Å². The lowest BCUT2D eigenvalue weighted by atomic mass is 9.12. The highest BCUT2D eigenvalue weighted by atomic mass is 19.2. The van der Waals surface area contributed by atoms with Crippen LogP contribution in [0.4, 0.5) is 87.8 Å². The third-order valence-electron chi connectivity index (χ3n) is 9.38. The summed E-state index contributed by atoms with van der Waals surface area (Å²) in [5.41, 5.74) is -12.6. The first-order valence-electron chi connectivity index (χ1n) is 16.7. The molecule has 64 heavy (non-hydrogen) atoms. The Kier molecular flexibility index (Phi) is 13.5. The van der Waals surface area contributed by atoms with Gasteiger partial charge in [-0.15, -0.1) is 21.9 Å². The van der Waals surface area contributed by atoms with E-state index < -0.39 is 144 Å². The smallest absolute Gasteiger partial charge is 0.200 e. The monoisotopic (exact) mass is 926 g/mol. The van der Waals surface area contributed by atoms with Crippen LogP contribution in [0.25, 0.3) is 5.57 Å². The zero-order valence-corrected chi connectivity index (χ0v) is 30.3. The van der Waals surface area contributed by atoms with E-state index in [1.807, 2.05) is 47.0 Å². The van der Waals surface area contributed by atoms with Crippen LogP contribution in [0.3, 0.4) is 0 Å². The Bertz CT molecular complexity index is 2590. The third-order valence-corrected chi connectivity index (χ3v) is 9.38. The van der Waals surface area contributed by atoms with Gasteiger partial charge in [0.25, 0.3) is 0 Å². The van der Waals surface area contributed by atoms with Crippen molar-refractivity contribution in [2.45, 2.75) is 6.54 Å². The molecule has 0 fully saturated rings. The lowest BCUT2D eigenvalue weighted by molar-refractivity contribution is -0.684. The molecule has 5 aromatic carbocycles. The number of rotatable bonds is 7. The maximum Gasteiger partial charge on any atom is 0.200 e. The summed E-state index contributed by atoms with van der Waals surface area (Å²) >= 11 is 0. The molecule has 330 valence electrons. The lowest BCUT2D eigenvalue weighted by Gasteiger charge is -2.44. The van der Waals surface area contributed by atoms with Crippen LogP contribution in [0.1, 0.15) is 5.56 Å². The predicted octanol–water partition coefficient (Wildman–Crippen LogP) is 7.72. The molecule has 0 radical (unpaired) electrons. The number of halogens is 20. The number of benzene rings is 5. The Labute approximate surface area is 342 Å². The maximum absolute atomic E-state index is 15.4. The van der Waals surface area contributed by atoms with Gasteiger partial charge in [0.1, 0.15) is 70.4 Å². The van der Waals surface area contributed by atoms with Crippen molar-refractivity contribution in [3.05, 3.63) is 183 Å². The zero-order chi connectivity index (χ0) is 47.9. The van der Waals surface area contributed by atoms with Gasteiger partial charge in [0.15, 0.2) is 88.7 Å². The van der Waals surface area contributed by atoms with E-state index in [1.165, 1.54) is 0 Å². The molecule has 0 aliphatic heterocycles. The second-order valence-corrected chi connectivity index (χ2v) is 12.7. The number of nitrogens with zero attached hydrogens (tertiary/aromatic N) is 4. The summed E-state index contributed by atoms with van der Waals surface area (Å²) in [5, 5.41) is 18.2. The standard InChI is InChI=1S/C24BF20.C15H11N4/c26-5-1(6(27)14(35)21(42)13(5)34)25(2-7(28)15(36)22(43)16(37)8(2)29,3-9(30)17(38)23(44)18(39)10(3)31)4-11(32)19(40)24(45)20(41)12(4)33;16-10-14(11-17)15(13-4-2-1-3-5-13)12-19-8-6-18-7-9-19/h;1-9H,12H2/q-1;+1. The van der Waals surface area contributed by atoms with Crippen LogP contribution >= 0.6 is 0 Å². The van der Waals surface area contributed by atoms with Gasteiger partial charge in [-0.1, -0.05) is 30.3 Å². The minimum Gasteiger partial charge on any atom is -0.252 e. The highest BCUT2D eigenvalue weighted by Gasteiger charge is 2.52. The Morgan fingerprint density at radius 3 is 0.906 bits per heavy atom. The molecule has 0 aliphatic carbocycles. The van der Waals surface area contributed by atoms with Crippen LogP contribution in [-0.2, 0) is 6.54 Å². The number of allylic oxidation sites excluding steroid dienone is 2. The number of nitriles is 2. The van der Waals surface area contributed by atoms with Crippen LogP contribution in [0.5, 0.6) is 0 Å². The Morgan fingerprint density at radius 2 is 0.656 bits per heavy atom. The van der Waals surface area contributed by atoms with E-state index in [1.54, 1.807) is 24.8 Å². The summed E-state index contributed by atoms with van der Waals surface area (Å²) in [6.45, 7) is 0.461. The fraction of sp³-hybridized carbons (Fsp3) is 0.0256. The Balaban J connectivity index is 0.000000337. The fourth-order valence-corrected chi connectivity index (χ4v) is 6.62. The van der Waals surface area contributed by atoms with Crippen molar-refractivity contribution >= 4 is 33.6 Å². The van der Waals surface area contributed by atoms with Gasteiger partial charge in [-0.3, -0.25) is 4.98 Å². The minimum absolute atomic E-state index is 0.135. The first-order valence-corrected chi connectivity index (χ1v) is 16.7. The molecule has 0 aliphatic rings. The molecular formula is C39H11BF20N4. The summed E-state index contributed by atoms with van der Waals surface area (Å²) < 4.78 is 296. The van der Waals surface area contributed by atoms with Crippen LogP contribution < -0.4 is 26.4 Å². The van der Waals surface area contributed by atoms with Gasteiger partial charge in [-0.05, 0) is 5.56 Å². The molecular weight excluding hydrogens is 915 g/mol. The Morgan fingerprint density at radius 1 is 0.406 bits per heavy atom. The lowest BCUT2D eigenvalue weighted by Crippen LogP contribution is -2.81. The minimum atomic E-state index is -7.22. The molecule has 0 atom stereocenters. The highest BCUT2D eigenvalue weighted by Crippen LogP contribution is 2.31. The molecule has 0 spiro atoms. The number of aromatic nitrogens is 2. The van der Waals surface area contributed by atoms with E-state index in [-0.39, 0.29) is 5.57 Å². The van der Waals surface area contributed by atoms with Crippen molar-refractivity contribution < 1.29 is 92.4 Å². The summed E-state index contributed by atoms with van der Waals surface area (Å²) in [5.74, 6) is -71.4. The first-order chi connectivity index (χ1) is 30.0. The third kappa shape index (κ3) is 7.49. The molecule has 0 saturated heterocycles. The largest absolute Gasteiger partial charge is 0.252 e. The molecule has 0 amide bonds. The zero-order valence-electron chi connectivity index (χ0n) is 30.3. The summed E-state index contributed by atoms with van der Waals surface area (Å²) in [4.78, 5) is 3.94. The highest BCUT2D eigenvalue weighted by molar-refractivity contribution is 7.20. The summed E-state index contributed by atoms with van der Waals surface area (Å²) in [7, 11) is 0. The van der Waals surface area contributed by atoms with Gasteiger partial charge in [-0.25, -0.2) is 87.8 Å². The SMILES string of the molecule is Fc1c(F)c(F)c([B-](c2c(F)c(F)c(F)c(F)c2F)(c2c(F)c(F)c(F)c(F)c2F)c2c(F)c(F)c(F)c(F)c2F)c(F)c1F.N#CC(C#N)=C(C[n+]1ccncc1)c1ccccc1. The van der Waals surface area contributed by atoms with E-state index in [0.29, 0.717) is 12.1 Å². The summed E-state index contributed by atoms with van der Waals surface area (Å²) in [6, 6.07) is 13.4. The van der Waals surface area contributed by atoms with Gasteiger partial charge < -0.3 is 0 Å². The van der Waals surface area contributed by atoms with Crippen molar-refractivity contribution in [1.29, 1.82) is 10.5 Å². The van der Waals surface area contributed by atoms with E-state index in [2.05, 4.69) is 4.98 Å². The second kappa shape index (κ2) is 18.1. The molecule has 6 aromatic rings. The molecule has 1 aromatic heterocycles. The van der Waals surface area contributed by atoms with Gasteiger partial charge in [0.2, 0.25) is 0 Å². The Hall–Kier alpha value is -7.44. The molecule has 0 unspecified atom stereocenters. The number of hydrogen-bond acceptors (Lipinski definition) is 3. The molecule has 6 rings (SSSR count). The van der Waals surface area contributed by atoms with E-state index >= 15 is 35.1 Å². The van der Waals surface area contributed by atoms with Crippen LogP contribution in [-0.4, -0.2) is 11.1 Å². The van der Waals surface area contributed by atoms with Crippen LogP contribution in [0, 0.1) is 139 Å². The van der Waals surface area contributed by atoms with E-state index in [4.69, 9.17) is 10.5 Å². The molecule has 4 nitrogen and oxygen atoms in total. The topological polar surface area (TPSA) is 64.3 Å². The normalized spacial score (nSPS) is 11.2. The molecule has 25 heteroatoms. The number of hydrogen-bond donors (Lipinski definition) is 0. The second-order valence-electron chi connectivity index (χ2n) is 12.7. The average Bonchev–Trinajstić information content (AvgIpc) is 3.29. The van der Waals surface area contributed by atoms with Crippen molar-refractivity contribution in [2.24, 2.45) is 0 Å². The van der Waals surface area contributed by atoms with Crippen LogP contribution in [0.2, 0.25) is 0 Å². The summed E-state index contributed by atoms with van der Waals surface area (Å²) in [6.07, 6.45) is -0.280. The maximum atomic E-state index is 15.4. The average molecular weight is 926 g/mol. The first kappa shape index (κ1) is 47.6. The van der Waals surface area contributed by atoms with Crippen molar-refractivity contribution in [3.63, 3.8) is 0 Å². The van der Waals surface area contributed by atoms with Crippen molar-refractivity contribution in [3.8, 4) is 12.1 Å². The molecule has 0 N–H and O–H groups in total. The van der Waals surface area contributed by atoms with Crippen LogP contribution in [0.15, 0.2) is 60.7 Å². The molecule has 0 bridgehead atoms. The van der Waals surface area contributed by atoms with Gasteiger partial charge in [0, 0.05) is 0 Å².